The highest BCUT2D eigenvalue weighted by Gasteiger charge is 2.19. The van der Waals surface area contributed by atoms with E-state index in [4.69, 9.17) is 5.11 Å². The van der Waals surface area contributed by atoms with Gasteiger partial charge in [-0.2, -0.15) is 0 Å². The highest BCUT2D eigenvalue weighted by molar-refractivity contribution is 4.71. The molecule has 1 heteroatoms. The standard InChI is InChI=1S/C15H30O/c1-2-3-4-5-6-7-8-14-9-11-15(13-16)12-10-14/h14-16H,2-13H2,1H3. The zero-order valence-corrected chi connectivity index (χ0v) is 11.1. The molecule has 16 heavy (non-hydrogen) atoms. The molecule has 1 N–H and O–H groups in total. The third kappa shape index (κ3) is 5.89. The molecule has 0 radical (unpaired) electrons. The normalized spacial score (nSPS) is 25.9. The molecule has 0 unspecified atom stereocenters. The molecular weight excluding hydrogens is 196 g/mol. The van der Waals surface area contributed by atoms with Gasteiger partial charge in [-0.3, -0.25) is 0 Å². The van der Waals surface area contributed by atoms with Crippen LogP contribution in [-0.4, -0.2) is 11.7 Å². The number of hydrogen-bond donors (Lipinski definition) is 1. The van der Waals surface area contributed by atoms with Crippen LogP contribution >= 0.6 is 0 Å². The first-order valence-corrected chi connectivity index (χ1v) is 7.47. The lowest BCUT2D eigenvalue weighted by Gasteiger charge is -2.27. The number of unbranched alkanes of at least 4 members (excludes halogenated alkanes) is 5. The van der Waals surface area contributed by atoms with Crippen molar-refractivity contribution in [2.45, 2.75) is 77.6 Å². The molecule has 0 saturated heterocycles. The van der Waals surface area contributed by atoms with Crippen molar-refractivity contribution in [2.75, 3.05) is 6.61 Å². The fourth-order valence-electron chi connectivity index (χ4n) is 2.92. The molecule has 0 aliphatic heterocycles. The quantitative estimate of drug-likeness (QED) is 0.603. The highest BCUT2D eigenvalue weighted by atomic mass is 16.3. The lowest BCUT2D eigenvalue weighted by atomic mass is 9.80. The minimum absolute atomic E-state index is 0.420. The number of aliphatic hydroxyl groups is 1. The zero-order chi connectivity index (χ0) is 11.6. The van der Waals surface area contributed by atoms with Gasteiger partial charge < -0.3 is 5.11 Å². The first-order valence-electron chi connectivity index (χ1n) is 7.47. The van der Waals surface area contributed by atoms with Crippen LogP contribution < -0.4 is 0 Å². The summed E-state index contributed by atoms with van der Waals surface area (Å²) in [5.41, 5.74) is 0. The smallest absolute Gasteiger partial charge is 0.0459 e. The van der Waals surface area contributed by atoms with Gasteiger partial charge in [0.1, 0.15) is 0 Å². The van der Waals surface area contributed by atoms with Crippen molar-refractivity contribution in [3.63, 3.8) is 0 Å². The maximum absolute atomic E-state index is 9.07. The Hall–Kier alpha value is -0.0400. The molecule has 0 amide bonds. The van der Waals surface area contributed by atoms with Gasteiger partial charge in [0, 0.05) is 6.61 Å². The van der Waals surface area contributed by atoms with E-state index in [0.29, 0.717) is 12.5 Å². The molecule has 1 aliphatic rings. The van der Waals surface area contributed by atoms with E-state index < -0.39 is 0 Å². The number of hydrogen-bond acceptors (Lipinski definition) is 1. The van der Waals surface area contributed by atoms with Crippen LogP contribution in [0.2, 0.25) is 0 Å². The van der Waals surface area contributed by atoms with Crippen LogP contribution in [0.5, 0.6) is 0 Å². The van der Waals surface area contributed by atoms with E-state index in [-0.39, 0.29) is 0 Å². The van der Waals surface area contributed by atoms with Crippen LogP contribution in [0, 0.1) is 11.8 Å². The first-order chi connectivity index (χ1) is 7.86. The van der Waals surface area contributed by atoms with Gasteiger partial charge in [0.25, 0.3) is 0 Å². The number of aliphatic hydroxyl groups excluding tert-OH is 1. The fraction of sp³-hybridized carbons (Fsp3) is 1.00. The Morgan fingerprint density at radius 3 is 2.00 bits per heavy atom. The van der Waals surface area contributed by atoms with Gasteiger partial charge >= 0.3 is 0 Å². The Morgan fingerprint density at radius 2 is 1.38 bits per heavy atom. The van der Waals surface area contributed by atoms with Gasteiger partial charge in [-0.05, 0) is 24.7 Å². The molecule has 1 rings (SSSR count). The molecule has 0 spiro atoms. The van der Waals surface area contributed by atoms with Crippen LogP contribution in [0.25, 0.3) is 0 Å². The SMILES string of the molecule is CCCCCCCCC1CCC(CO)CC1. The lowest BCUT2D eigenvalue weighted by Crippen LogP contribution is -2.17. The van der Waals surface area contributed by atoms with Crippen LogP contribution in [0.1, 0.15) is 77.6 Å². The second-order valence-electron chi connectivity index (χ2n) is 5.63. The van der Waals surface area contributed by atoms with E-state index >= 15 is 0 Å². The molecule has 1 aliphatic carbocycles. The predicted octanol–water partition coefficient (Wildman–Crippen LogP) is 4.54. The summed E-state index contributed by atoms with van der Waals surface area (Å²) in [6.45, 7) is 2.70. The maximum atomic E-state index is 9.07. The minimum atomic E-state index is 0.420. The van der Waals surface area contributed by atoms with Crippen LogP contribution in [0.4, 0.5) is 0 Å². The minimum Gasteiger partial charge on any atom is -0.396 e. The molecule has 0 aromatic carbocycles. The summed E-state index contributed by atoms with van der Waals surface area (Å²) < 4.78 is 0. The van der Waals surface area contributed by atoms with Gasteiger partial charge in [0.15, 0.2) is 0 Å². The van der Waals surface area contributed by atoms with E-state index in [2.05, 4.69) is 6.92 Å². The van der Waals surface area contributed by atoms with Gasteiger partial charge in [-0.25, -0.2) is 0 Å². The Morgan fingerprint density at radius 1 is 0.812 bits per heavy atom. The molecule has 1 fully saturated rings. The fourth-order valence-corrected chi connectivity index (χ4v) is 2.92. The van der Waals surface area contributed by atoms with Crippen LogP contribution in [0.3, 0.4) is 0 Å². The Labute approximate surface area is 102 Å². The van der Waals surface area contributed by atoms with Crippen molar-refractivity contribution in [2.24, 2.45) is 11.8 Å². The summed E-state index contributed by atoms with van der Waals surface area (Å²) in [6, 6.07) is 0. The summed E-state index contributed by atoms with van der Waals surface area (Å²) >= 11 is 0. The predicted molar refractivity (Wildman–Crippen MR) is 70.5 cm³/mol. The van der Waals surface area contributed by atoms with E-state index in [0.717, 1.165) is 5.92 Å². The summed E-state index contributed by atoms with van der Waals surface area (Å²) in [5, 5.41) is 9.07. The van der Waals surface area contributed by atoms with E-state index in [1.165, 1.54) is 70.6 Å². The van der Waals surface area contributed by atoms with Gasteiger partial charge in [-0.1, -0.05) is 64.7 Å². The van der Waals surface area contributed by atoms with Gasteiger partial charge in [-0.15, -0.1) is 0 Å². The maximum Gasteiger partial charge on any atom is 0.0459 e. The lowest BCUT2D eigenvalue weighted by molar-refractivity contribution is 0.163. The Balaban J connectivity index is 1.90. The van der Waals surface area contributed by atoms with Crippen molar-refractivity contribution in [3.05, 3.63) is 0 Å². The van der Waals surface area contributed by atoms with E-state index in [9.17, 15) is 0 Å². The second-order valence-corrected chi connectivity index (χ2v) is 5.63. The van der Waals surface area contributed by atoms with Crippen molar-refractivity contribution in [1.82, 2.24) is 0 Å². The summed E-state index contributed by atoms with van der Waals surface area (Å²) in [7, 11) is 0. The van der Waals surface area contributed by atoms with Crippen molar-refractivity contribution in [3.8, 4) is 0 Å². The monoisotopic (exact) mass is 226 g/mol. The first kappa shape index (κ1) is 14.0. The highest BCUT2D eigenvalue weighted by Crippen LogP contribution is 2.31. The summed E-state index contributed by atoms with van der Waals surface area (Å²) in [4.78, 5) is 0. The van der Waals surface area contributed by atoms with Crippen molar-refractivity contribution in [1.29, 1.82) is 0 Å². The molecule has 1 saturated carbocycles. The molecule has 0 heterocycles. The Bertz CT molecular complexity index is 148. The number of rotatable bonds is 8. The largest absolute Gasteiger partial charge is 0.396 e. The van der Waals surface area contributed by atoms with E-state index in [1.54, 1.807) is 0 Å². The third-order valence-electron chi connectivity index (χ3n) is 4.19. The average molecular weight is 226 g/mol. The van der Waals surface area contributed by atoms with Crippen LogP contribution in [0.15, 0.2) is 0 Å². The second kappa shape index (κ2) is 9.04. The summed E-state index contributed by atoms with van der Waals surface area (Å²) in [5.74, 6) is 1.61. The molecular formula is C15H30O. The average Bonchev–Trinajstić information content (AvgIpc) is 2.34. The molecule has 0 aromatic rings. The molecule has 0 aromatic heterocycles. The summed E-state index contributed by atoms with van der Waals surface area (Å²) in [6.07, 6.45) is 15.3. The molecule has 1 nitrogen and oxygen atoms in total. The Kier molecular flexibility index (Phi) is 7.92. The van der Waals surface area contributed by atoms with Crippen molar-refractivity contribution < 1.29 is 5.11 Å². The van der Waals surface area contributed by atoms with Gasteiger partial charge in [0.05, 0.1) is 0 Å². The molecule has 0 bridgehead atoms. The molecule has 0 atom stereocenters. The third-order valence-corrected chi connectivity index (χ3v) is 4.19. The van der Waals surface area contributed by atoms with Gasteiger partial charge in [0.2, 0.25) is 0 Å². The zero-order valence-electron chi connectivity index (χ0n) is 11.1. The van der Waals surface area contributed by atoms with Crippen molar-refractivity contribution >= 4 is 0 Å². The van der Waals surface area contributed by atoms with Crippen LogP contribution in [-0.2, 0) is 0 Å². The topological polar surface area (TPSA) is 20.2 Å². The molecule has 96 valence electrons. The van der Waals surface area contributed by atoms with E-state index in [1.807, 2.05) is 0 Å².